The average molecular weight is 213 g/mol. The molecule has 4 nitrogen and oxygen atoms in total. The Morgan fingerprint density at radius 1 is 1.47 bits per heavy atom. The molecule has 15 heavy (non-hydrogen) atoms. The second-order valence-corrected chi connectivity index (χ2v) is 3.53. The van der Waals surface area contributed by atoms with Crippen LogP contribution in [0.15, 0.2) is 12.3 Å². The first-order valence-corrected chi connectivity index (χ1v) is 5.38. The lowest BCUT2D eigenvalue weighted by Crippen LogP contribution is -2.33. The van der Waals surface area contributed by atoms with Gasteiger partial charge in [-0.2, -0.15) is 0 Å². The van der Waals surface area contributed by atoms with E-state index in [0.717, 1.165) is 32.5 Å². The van der Waals surface area contributed by atoms with E-state index in [-0.39, 0.29) is 5.97 Å². The summed E-state index contributed by atoms with van der Waals surface area (Å²) in [6, 6.07) is 0. The zero-order valence-electron chi connectivity index (χ0n) is 9.44. The summed E-state index contributed by atoms with van der Waals surface area (Å²) in [5.41, 5.74) is 0. The predicted molar refractivity (Wildman–Crippen MR) is 57.4 cm³/mol. The Bertz CT molecular complexity index is 220. The first-order valence-electron chi connectivity index (χ1n) is 5.38. The summed E-state index contributed by atoms with van der Waals surface area (Å²) in [7, 11) is 1.38. The highest BCUT2D eigenvalue weighted by Gasteiger charge is 2.16. The lowest BCUT2D eigenvalue weighted by atomic mass is 10.1. The molecule has 1 aliphatic rings. The van der Waals surface area contributed by atoms with Gasteiger partial charge in [-0.3, -0.25) is 0 Å². The molecule has 0 bridgehead atoms. The second-order valence-electron chi connectivity index (χ2n) is 3.53. The van der Waals surface area contributed by atoms with Crippen molar-refractivity contribution in [3.63, 3.8) is 0 Å². The molecule has 4 heteroatoms. The minimum atomic E-state index is -0.304. The quantitative estimate of drug-likeness (QED) is 0.519. The molecule has 0 atom stereocenters. The number of methoxy groups -OCH3 is 1. The molecule has 0 unspecified atom stereocenters. The standard InChI is InChI=1S/C11H19NO3/c1-3-15-10-4-7-12(8-5-10)9-6-11(13)14-2/h6,9-10H,3-5,7-8H2,1-2H3. The van der Waals surface area contributed by atoms with Gasteiger partial charge >= 0.3 is 5.97 Å². The molecule has 86 valence electrons. The molecule has 1 heterocycles. The number of hydrogen-bond acceptors (Lipinski definition) is 4. The van der Waals surface area contributed by atoms with Crippen LogP contribution in [0.5, 0.6) is 0 Å². The molecule has 1 aliphatic heterocycles. The number of nitrogens with zero attached hydrogens (tertiary/aromatic N) is 1. The number of esters is 1. The minimum Gasteiger partial charge on any atom is -0.466 e. The van der Waals surface area contributed by atoms with Crippen LogP contribution in [-0.2, 0) is 14.3 Å². The van der Waals surface area contributed by atoms with Gasteiger partial charge < -0.3 is 14.4 Å². The minimum absolute atomic E-state index is 0.304. The van der Waals surface area contributed by atoms with Crippen LogP contribution in [0.25, 0.3) is 0 Å². The summed E-state index contributed by atoms with van der Waals surface area (Å²) in [4.78, 5) is 13.0. The average Bonchev–Trinajstić information content (AvgIpc) is 2.28. The summed E-state index contributed by atoms with van der Waals surface area (Å²) in [6.07, 6.45) is 5.70. The van der Waals surface area contributed by atoms with Crippen LogP contribution in [0.1, 0.15) is 19.8 Å². The molecule has 0 aromatic rings. The van der Waals surface area contributed by atoms with Crippen LogP contribution >= 0.6 is 0 Å². The van der Waals surface area contributed by atoms with Crippen molar-refractivity contribution in [3.8, 4) is 0 Å². The SMILES string of the molecule is CCOC1CCN(C=CC(=O)OC)CC1. The molecule has 0 aromatic carbocycles. The maximum atomic E-state index is 10.9. The van der Waals surface area contributed by atoms with Gasteiger partial charge in [0.05, 0.1) is 13.2 Å². The van der Waals surface area contributed by atoms with Gasteiger partial charge in [-0.1, -0.05) is 0 Å². The van der Waals surface area contributed by atoms with Crippen molar-refractivity contribution in [2.24, 2.45) is 0 Å². The Hall–Kier alpha value is -1.03. The van der Waals surface area contributed by atoms with Crippen molar-refractivity contribution in [1.29, 1.82) is 0 Å². The Balaban J connectivity index is 2.25. The number of carbonyl (C=O) groups excluding carboxylic acids is 1. The smallest absolute Gasteiger partial charge is 0.331 e. The largest absolute Gasteiger partial charge is 0.466 e. The highest BCUT2D eigenvalue weighted by atomic mass is 16.5. The van der Waals surface area contributed by atoms with Crippen LogP contribution < -0.4 is 0 Å². The molecule has 0 spiro atoms. The molecule has 0 N–H and O–H groups in total. The normalized spacial score (nSPS) is 18.4. The second kappa shape index (κ2) is 6.45. The summed E-state index contributed by atoms with van der Waals surface area (Å²) < 4.78 is 10.1. The molecule has 1 fully saturated rings. The zero-order chi connectivity index (χ0) is 11.1. The van der Waals surface area contributed by atoms with Gasteiger partial charge in [0.15, 0.2) is 0 Å². The van der Waals surface area contributed by atoms with E-state index in [1.54, 1.807) is 6.20 Å². The van der Waals surface area contributed by atoms with Crippen molar-refractivity contribution >= 4 is 5.97 Å². The maximum absolute atomic E-state index is 10.9. The van der Waals surface area contributed by atoms with Crippen molar-refractivity contribution in [3.05, 3.63) is 12.3 Å². The highest BCUT2D eigenvalue weighted by Crippen LogP contribution is 2.13. The van der Waals surface area contributed by atoms with Gasteiger partial charge in [0.1, 0.15) is 0 Å². The van der Waals surface area contributed by atoms with Crippen LogP contribution in [0.4, 0.5) is 0 Å². The van der Waals surface area contributed by atoms with Gasteiger partial charge in [-0.05, 0) is 19.8 Å². The summed E-state index contributed by atoms with van der Waals surface area (Å²) >= 11 is 0. The highest BCUT2D eigenvalue weighted by molar-refractivity contribution is 5.81. The summed E-state index contributed by atoms with van der Waals surface area (Å²) in [5.74, 6) is -0.304. The van der Waals surface area contributed by atoms with Crippen molar-refractivity contribution in [1.82, 2.24) is 4.90 Å². The van der Waals surface area contributed by atoms with Gasteiger partial charge in [0, 0.05) is 32.0 Å². The monoisotopic (exact) mass is 213 g/mol. The number of rotatable bonds is 4. The van der Waals surface area contributed by atoms with Crippen LogP contribution in [-0.4, -0.2) is 43.8 Å². The summed E-state index contributed by atoms with van der Waals surface area (Å²) in [6.45, 7) is 4.68. The number of ether oxygens (including phenoxy) is 2. The van der Waals surface area contributed by atoms with Crippen LogP contribution in [0.2, 0.25) is 0 Å². The van der Waals surface area contributed by atoms with E-state index in [4.69, 9.17) is 4.74 Å². The van der Waals surface area contributed by atoms with E-state index in [1.807, 2.05) is 6.92 Å². The first-order chi connectivity index (χ1) is 7.26. The van der Waals surface area contributed by atoms with E-state index in [2.05, 4.69) is 9.64 Å². The number of hydrogen-bond donors (Lipinski definition) is 0. The molecule has 0 aliphatic carbocycles. The Labute approximate surface area is 90.8 Å². The van der Waals surface area contributed by atoms with Crippen LogP contribution in [0.3, 0.4) is 0 Å². The number of likely N-dealkylation sites (tertiary alicyclic amines) is 1. The third kappa shape index (κ3) is 4.34. The van der Waals surface area contributed by atoms with E-state index in [1.165, 1.54) is 13.2 Å². The predicted octanol–water partition coefficient (Wildman–Crippen LogP) is 1.17. The molecule has 1 saturated heterocycles. The molecular formula is C11H19NO3. The topological polar surface area (TPSA) is 38.8 Å². The molecule has 0 aromatic heterocycles. The third-order valence-electron chi connectivity index (χ3n) is 2.50. The Morgan fingerprint density at radius 3 is 2.67 bits per heavy atom. The number of carbonyl (C=O) groups is 1. The van der Waals surface area contributed by atoms with Crippen molar-refractivity contribution in [2.75, 3.05) is 26.8 Å². The van der Waals surface area contributed by atoms with Gasteiger partial charge in [-0.25, -0.2) is 4.79 Å². The fourth-order valence-corrected chi connectivity index (χ4v) is 1.66. The Morgan fingerprint density at radius 2 is 2.13 bits per heavy atom. The molecular weight excluding hydrogens is 194 g/mol. The molecule has 0 saturated carbocycles. The van der Waals surface area contributed by atoms with Crippen molar-refractivity contribution in [2.45, 2.75) is 25.9 Å². The van der Waals surface area contributed by atoms with Crippen molar-refractivity contribution < 1.29 is 14.3 Å². The van der Waals surface area contributed by atoms with Crippen LogP contribution in [0, 0.1) is 0 Å². The van der Waals surface area contributed by atoms with Gasteiger partial charge in [0.25, 0.3) is 0 Å². The van der Waals surface area contributed by atoms with E-state index in [0.29, 0.717) is 6.10 Å². The van der Waals surface area contributed by atoms with Gasteiger partial charge in [0.2, 0.25) is 0 Å². The molecule has 1 rings (SSSR count). The zero-order valence-corrected chi connectivity index (χ0v) is 9.44. The molecule has 0 amide bonds. The van der Waals surface area contributed by atoms with E-state index >= 15 is 0 Å². The molecule has 0 radical (unpaired) electrons. The lowest BCUT2D eigenvalue weighted by Gasteiger charge is -2.30. The van der Waals surface area contributed by atoms with E-state index < -0.39 is 0 Å². The van der Waals surface area contributed by atoms with E-state index in [9.17, 15) is 4.79 Å². The lowest BCUT2D eigenvalue weighted by molar-refractivity contribution is -0.134. The fraction of sp³-hybridized carbons (Fsp3) is 0.727. The fourth-order valence-electron chi connectivity index (χ4n) is 1.66. The Kier molecular flexibility index (Phi) is 5.18. The first kappa shape index (κ1) is 12.0. The van der Waals surface area contributed by atoms with Gasteiger partial charge in [-0.15, -0.1) is 0 Å². The summed E-state index contributed by atoms with van der Waals surface area (Å²) in [5, 5.41) is 0. The third-order valence-corrected chi connectivity index (χ3v) is 2.50. The number of piperidine rings is 1. The maximum Gasteiger partial charge on any atom is 0.331 e.